The van der Waals surface area contributed by atoms with Crippen molar-refractivity contribution < 1.29 is 4.79 Å². The standard InChI is InChI=1S/C21H27N5O/c1-24-11-13-25(14-12-24)19-6-4-17(5-7-19)21(27)26-10-2-3-18(15-26)20-8-9-22-16-23-20/h4-9,16,18H,2-3,10-15H2,1H3/t18-/m1/s1. The van der Waals surface area contributed by atoms with Crippen molar-refractivity contribution in [3.63, 3.8) is 0 Å². The number of likely N-dealkylation sites (tertiary alicyclic amines) is 1. The summed E-state index contributed by atoms with van der Waals surface area (Å²) >= 11 is 0. The fourth-order valence-corrected chi connectivity index (χ4v) is 4.01. The van der Waals surface area contributed by atoms with Crippen LogP contribution in [-0.4, -0.2) is 72.0 Å². The van der Waals surface area contributed by atoms with Crippen molar-refractivity contribution in [2.75, 3.05) is 51.2 Å². The molecular formula is C21H27N5O. The number of carbonyl (C=O) groups excluding carboxylic acids is 1. The second-order valence-corrected chi connectivity index (χ2v) is 7.56. The van der Waals surface area contributed by atoms with Gasteiger partial charge in [-0.2, -0.15) is 0 Å². The first kappa shape index (κ1) is 17.9. The first-order chi connectivity index (χ1) is 13.2. The minimum absolute atomic E-state index is 0.124. The van der Waals surface area contributed by atoms with Gasteiger partial charge in [-0.05, 0) is 50.2 Å². The monoisotopic (exact) mass is 365 g/mol. The summed E-state index contributed by atoms with van der Waals surface area (Å²) in [5.41, 5.74) is 3.02. The molecule has 0 spiro atoms. The van der Waals surface area contributed by atoms with E-state index < -0.39 is 0 Å². The summed E-state index contributed by atoms with van der Waals surface area (Å²) in [5.74, 6) is 0.425. The van der Waals surface area contributed by atoms with E-state index >= 15 is 0 Å². The number of nitrogens with zero attached hydrogens (tertiary/aromatic N) is 5. The average molecular weight is 365 g/mol. The van der Waals surface area contributed by atoms with Gasteiger partial charge in [-0.1, -0.05) is 0 Å². The number of likely N-dealkylation sites (N-methyl/N-ethyl adjacent to an activating group) is 1. The van der Waals surface area contributed by atoms with E-state index in [-0.39, 0.29) is 5.91 Å². The minimum atomic E-state index is 0.124. The number of hydrogen-bond acceptors (Lipinski definition) is 5. The Morgan fingerprint density at radius 2 is 1.81 bits per heavy atom. The van der Waals surface area contributed by atoms with Crippen LogP contribution in [0.25, 0.3) is 0 Å². The Bertz CT molecular complexity index is 756. The lowest BCUT2D eigenvalue weighted by Crippen LogP contribution is -2.44. The summed E-state index contributed by atoms with van der Waals surface area (Å²) in [6.45, 7) is 5.79. The molecule has 27 heavy (non-hydrogen) atoms. The molecule has 0 N–H and O–H groups in total. The highest BCUT2D eigenvalue weighted by Gasteiger charge is 2.26. The van der Waals surface area contributed by atoms with Crippen LogP contribution in [0.5, 0.6) is 0 Å². The Balaban J connectivity index is 1.41. The van der Waals surface area contributed by atoms with Gasteiger partial charge in [0.1, 0.15) is 6.33 Å². The zero-order valence-electron chi connectivity index (χ0n) is 15.9. The summed E-state index contributed by atoms with van der Waals surface area (Å²) in [4.78, 5) is 28.1. The van der Waals surface area contributed by atoms with Gasteiger partial charge in [0.05, 0.1) is 0 Å². The number of benzene rings is 1. The van der Waals surface area contributed by atoms with Crippen LogP contribution in [0, 0.1) is 0 Å². The first-order valence-corrected chi connectivity index (χ1v) is 9.79. The fourth-order valence-electron chi connectivity index (χ4n) is 4.01. The maximum atomic E-state index is 13.0. The fraction of sp³-hybridized carbons (Fsp3) is 0.476. The van der Waals surface area contributed by atoms with Crippen molar-refractivity contribution in [2.24, 2.45) is 0 Å². The van der Waals surface area contributed by atoms with E-state index in [9.17, 15) is 4.79 Å². The molecule has 6 nitrogen and oxygen atoms in total. The molecule has 1 amide bonds. The zero-order chi connectivity index (χ0) is 18.6. The van der Waals surface area contributed by atoms with Gasteiger partial charge < -0.3 is 14.7 Å². The third-order valence-electron chi connectivity index (χ3n) is 5.71. The van der Waals surface area contributed by atoms with Gasteiger partial charge in [0.15, 0.2) is 0 Å². The lowest BCUT2D eigenvalue weighted by Gasteiger charge is -2.34. The summed E-state index contributed by atoms with van der Waals surface area (Å²) in [7, 11) is 2.16. The zero-order valence-corrected chi connectivity index (χ0v) is 15.9. The summed E-state index contributed by atoms with van der Waals surface area (Å²) in [6, 6.07) is 10.1. The molecular weight excluding hydrogens is 338 g/mol. The molecule has 6 heteroatoms. The molecule has 0 bridgehead atoms. The number of aromatic nitrogens is 2. The maximum Gasteiger partial charge on any atom is 0.253 e. The number of piperidine rings is 1. The number of piperazine rings is 1. The van der Waals surface area contributed by atoms with E-state index in [1.54, 1.807) is 12.5 Å². The van der Waals surface area contributed by atoms with Crippen molar-refractivity contribution >= 4 is 11.6 Å². The SMILES string of the molecule is CN1CCN(c2ccc(C(=O)N3CCC[C@@H](c4ccncn4)C3)cc2)CC1. The molecule has 2 aliphatic heterocycles. The molecule has 1 atom stereocenters. The molecule has 0 unspecified atom stereocenters. The Hall–Kier alpha value is -2.47. The first-order valence-electron chi connectivity index (χ1n) is 9.79. The predicted octanol–water partition coefficient (Wildman–Crippen LogP) is 2.25. The molecule has 0 radical (unpaired) electrons. The van der Waals surface area contributed by atoms with Crippen molar-refractivity contribution in [3.8, 4) is 0 Å². The molecule has 4 rings (SSSR count). The second-order valence-electron chi connectivity index (χ2n) is 7.56. The summed E-state index contributed by atoms with van der Waals surface area (Å²) in [5, 5.41) is 0. The van der Waals surface area contributed by atoms with Gasteiger partial charge in [0.2, 0.25) is 0 Å². The number of hydrogen-bond donors (Lipinski definition) is 0. The topological polar surface area (TPSA) is 52.6 Å². The van der Waals surface area contributed by atoms with Crippen LogP contribution in [0.4, 0.5) is 5.69 Å². The highest BCUT2D eigenvalue weighted by molar-refractivity contribution is 5.94. The van der Waals surface area contributed by atoms with Gasteiger partial charge in [0.25, 0.3) is 5.91 Å². The smallest absolute Gasteiger partial charge is 0.253 e. The molecule has 2 saturated heterocycles. The number of amides is 1. The van der Waals surface area contributed by atoms with E-state index in [1.807, 2.05) is 23.1 Å². The molecule has 1 aromatic heterocycles. The van der Waals surface area contributed by atoms with E-state index in [0.29, 0.717) is 5.92 Å². The lowest BCUT2D eigenvalue weighted by atomic mass is 9.94. The Morgan fingerprint density at radius 1 is 1.04 bits per heavy atom. The highest BCUT2D eigenvalue weighted by Crippen LogP contribution is 2.26. The van der Waals surface area contributed by atoms with Gasteiger partial charge >= 0.3 is 0 Å². The van der Waals surface area contributed by atoms with E-state index in [1.165, 1.54) is 5.69 Å². The van der Waals surface area contributed by atoms with Crippen molar-refractivity contribution in [2.45, 2.75) is 18.8 Å². The molecule has 0 aliphatic carbocycles. The third-order valence-corrected chi connectivity index (χ3v) is 5.71. The molecule has 3 heterocycles. The van der Waals surface area contributed by atoms with Crippen LogP contribution in [0.3, 0.4) is 0 Å². The highest BCUT2D eigenvalue weighted by atomic mass is 16.2. The van der Waals surface area contributed by atoms with E-state index in [4.69, 9.17) is 0 Å². The van der Waals surface area contributed by atoms with E-state index in [0.717, 1.165) is 63.4 Å². The summed E-state index contributed by atoms with van der Waals surface area (Å²) < 4.78 is 0. The third kappa shape index (κ3) is 4.11. The molecule has 142 valence electrons. The van der Waals surface area contributed by atoms with Crippen molar-refractivity contribution in [3.05, 3.63) is 54.1 Å². The minimum Gasteiger partial charge on any atom is -0.369 e. The molecule has 2 aliphatic rings. The number of carbonyl (C=O) groups is 1. The quantitative estimate of drug-likeness (QED) is 0.835. The molecule has 2 fully saturated rings. The predicted molar refractivity (Wildman–Crippen MR) is 106 cm³/mol. The van der Waals surface area contributed by atoms with Crippen molar-refractivity contribution in [1.29, 1.82) is 0 Å². The van der Waals surface area contributed by atoms with Gasteiger partial charge in [-0.3, -0.25) is 4.79 Å². The molecule has 1 aromatic carbocycles. The van der Waals surface area contributed by atoms with Gasteiger partial charge in [-0.25, -0.2) is 9.97 Å². The largest absolute Gasteiger partial charge is 0.369 e. The van der Waals surface area contributed by atoms with Crippen molar-refractivity contribution in [1.82, 2.24) is 19.8 Å². The number of anilines is 1. The van der Waals surface area contributed by atoms with Crippen LogP contribution >= 0.6 is 0 Å². The Morgan fingerprint density at radius 3 is 2.52 bits per heavy atom. The normalized spacial score (nSPS) is 21.3. The Kier molecular flexibility index (Phi) is 5.34. The summed E-state index contributed by atoms with van der Waals surface area (Å²) in [6.07, 6.45) is 5.45. The maximum absolute atomic E-state index is 13.0. The van der Waals surface area contributed by atoms with Gasteiger partial charge in [-0.15, -0.1) is 0 Å². The molecule has 0 saturated carbocycles. The number of rotatable bonds is 3. The van der Waals surface area contributed by atoms with Crippen LogP contribution in [0.1, 0.15) is 34.8 Å². The Labute approximate surface area is 160 Å². The lowest BCUT2D eigenvalue weighted by molar-refractivity contribution is 0.0706. The second kappa shape index (κ2) is 8.05. The van der Waals surface area contributed by atoms with Crippen LogP contribution < -0.4 is 4.90 Å². The van der Waals surface area contributed by atoms with Crippen LogP contribution in [-0.2, 0) is 0 Å². The van der Waals surface area contributed by atoms with E-state index in [2.05, 4.69) is 38.9 Å². The van der Waals surface area contributed by atoms with Crippen LogP contribution in [0.15, 0.2) is 42.9 Å². The van der Waals surface area contributed by atoms with Crippen LogP contribution in [0.2, 0.25) is 0 Å². The molecule has 2 aromatic rings. The average Bonchev–Trinajstić information content (AvgIpc) is 2.75. The van der Waals surface area contributed by atoms with Gasteiger partial charge in [0, 0.05) is 68.3 Å².